The van der Waals surface area contributed by atoms with E-state index in [0.717, 1.165) is 15.8 Å². The van der Waals surface area contributed by atoms with Crippen molar-refractivity contribution in [2.45, 2.75) is 11.3 Å². The molecule has 0 aliphatic heterocycles. The Bertz CT molecular complexity index is 889. The molecule has 0 aliphatic rings. The molecule has 128 valence electrons. The molecule has 1 aromatic heterocycles. The maximum absolute atomic E-state index is 12.8. The van der Waals surface area contributed by atoms with E-state index in [1.807, 2.05) is 24.3 Å². The quantitative estimate of drug-likeness (QED) is 0.391. The number of ketones is 1. The number of H-pyrrole nitrogens is 1. The van der Waals surface area contributed by atoms with Crippen molar-refractivity contribution >= 4 is 34.4 Å². The molecule has 0 amide bonds. The highest BCUT2D eigenvalue weighted by Gasteiger charge is 2.14. The van der Waals surface area contributed by atoms with Gasteiger partial charge in [-0.3, -0.25) is 9.59 Å². The molecule has 4 nitrogen and oxygen atoms in total. The molecule has 0 aliphatic carbocycles. The second-order valence-electron chi connectivity index (χ2n) is 5.38. The summed E-state index contributed by atoms with van der Waals surface area (Å²) in [5.41, 5.74) is 1.39. The lowest BCUT2D eigenvalue weighted by Gasteiger charge is -2.04. The van der Waals surface area contributed by atoms with E-state index in [-0.39, 0.29) is 24.6 Å². The zero-order chi connectivity index (χ0) is 17.6. The van der Waals surface area contributed by atoms with Gasteiger partial charge < -0.3 is 9.72 Å². The zero-order valence-corrected chi connectivity index (χ0v) is 14.1. The van der Waals surface area contributed by atoms with Gasteiger partial charge in [0.05, 0.1) is 6.42 Å². The van der Waals surface area contributed by atoms with Gasteiger partial charge in [0, 0.05) is 33.3 Å². The topological polar surface area (TPSA) is 59.2 Å². The Kier molecular flexibility index (Phi) is 5.50. The fourth-order valence-corrected chi connectivity index (χ4v) is 3.21. The van der Waals surface area contributed by atoms with Gasteiger partial charge in [-0.25, -0.2) is 4.39 Å². The van der Waals surface area contributed by atoms with Crippen LogP contribution in [0.15, 0.2) is 59.6 Å². The molecule has 6 heteroatoms. The highest BCUT2D eigenvalue weighted by atomic mass is 32.2. The molecule has 0 unspecified atom stereocenters. The summed E-state index contributed by atoms with van der Waals surface area (Å²) >= 11 is 1.43. The number of halogens is 1. The maximum atomic E-state index is 12.8. The third-order valence-corrected chi connectivity index (χ3v) is 4.66. The van der Waals surface area contributed by atoms with E-state index in [9.17, 15) is 14.0 Å². The van der Waals surface area contributed by atoms with Crippen molar-refractivity contribution in [2.24, 2.45) is 0 Å². The number of aromatic nitrogens is 1. The van der Waals surface area contributed by atoms with Crippen LogP contribution in [0.1, 0.15) is 16.8 Å². The molecule has 3 aromatic rings. The third kappa shape index (κ3) is 4.48. The number of hydrogen-bond acceptors (Lipinski definition) is 4. The molecule has 0 bridgehead atoms. The average molecular weight is 357 g/mol. The van der Waals surface area contributed by atoms with Gasteiger partial charge in [-0.15, -0.1) is 11.8 Å². The fraction of sp³-hybridized carbons (Fsp3) is 0.158. The van der Waals surface area contributed by atoms with Crippen molar-refractivity contribution in [3.8, 4) is 0 Å². The van der Waals surface area contributed by atoms with Crippen LogP contribution in [0.5, 0.6) is 0 Å². The standard InChI is InChI=1S/C19H16FNO3S/c20-13-5-7-14(8-6-13)25-10-9-19(23)24-12-18(22)16-11-21-17-4-2-1-3-15(16)17/h1-8,11,21H,9-10,12H2. The van der Waals surface area contributed by atoms with Crippen molar-refractivity contribution in [2.75, 3.05) is 12.4 Å². The molecular formula is C19H16FNO3S. The Labute approximate surface area is 148 Å². The van der Waals surface area contributed by atoms with Crippen LogP contribution in [0, 0.1) is 5.82 Å². The molecule has 3 rings (SSSR count). The van der Waals surface area contributed by atoms with Gasteiger partial charge in [0.1, 0.15) is 5.82 Å². The Hall–Kier alpha value is -2.60. The zero-order valence-electron chi connectivity index (χ0n) is 13.3. The van der Waals surface area contributed by atoms with Crippen LogP contribution < -0.4 is 0 Å². The second kappa shape index (κ2) is 7.98. The van der Waals surface area contributed by atoms with Crippen LogP contribution >= 0.6 is 11.8 Å². The molecule has 1 N–H and O–H groups in total. The highest BCUT2D eigenvalue weighted by molar-refractivity contribution is 7.99. The van der Waals surface area contributed by atoms with Crippen LogP contribution in [0.3, 0.4) is 0 Å². The van der Waals surface area contributed by atoms with Gasteiger partial charge in [0.25, 0.3) is 0 Å². The molecule has 2 aromatic carbocycles. The van der Waals surface area contributed by atoms with E-state index in [0.29, 0.717) is 11.3 Å². The molecule has 0 saturated heterocycles. The number of carbonyl (C=O) groups is 2. The number of benzene rings is 2. The van der Waals surface area contributed by atoms with Crippen LogP contribution in [0.2, 0.25) is 0 Å². The van der Waals surface area contributed by atoms with Gasteiger partial charge in [-0.2, -0.15) is 0 Å². The number of aromatic amines is 1. The number of nitrogens with one attached hydrogen (secondary N) is 1. The molecule has 0 radical (unpaired) electrons. The van der Waals surface area contributed by atoms with Gasteiger partial charge >= 0.3 is 5.97 Å². The minimum absolute atomic E-state index is 0.184. The summed E-state index contributed by atoms with van der Waals surface area (Å²) in [6.07, 6.45) is 1.81. The summed E-state index contributed by atoms with van der Waals surface area (Å²) in [4.78, 5) is 27.9. The van der Waals surface area contributed by atoms with Crippen LogP contribution in [-0.4, -0.2) is 29.1 Å². The lowest BCUT2D eigenvalue weighted by Crippen LogP contribution is -2.14. The lowest BCUT2D eigenvalue weighted by molar-refractivity contribution is -0.141. The van der Waals surface area contributed by atoms with Crippen LogP contribution in [0.25, 0.3) is 10.9 Å². The van der Waals surface area contributed by atoms with Crippen molar-refractivity contribution in [3.05, 3.63) is 66.1 Å². The smallest absolute Gasteiger partial charge is 0.307 e. The lowest BCUT2D eigenvalue weighted by atomic mass is 10.1. The first kappa shape index (κ1) is 17.2. The van der Waals surface area contributed by atoms with E-state index in [4.69, 9.17) is 4.74 Å². The Morgan fingerprint density at radius 1 is 1.08 bits per heavy atom. The van der Waals surface area contributed by atoms with Gasteiger partial charge in [-0.1, -0.05) is 18.2 Å². The van der Waals surface area contributed by atoms with Crippen molar-refractivity contribution < 1.29 is 18.7 Å². The minimum atomic E-state index is -0.428. The van der Waals surface area contributed by atoms with Crippen molar-refractivity contribution in [3.63, 3.8) is 0 Å². The van der Waals surface area contributed by atoms with Gasteiger partial charge in [-0.05, 0) is 30.3 Å². The number of fused-ring (bicyclic) bond motifs is 1. The molecular weight excluding hydrogens is 341 g/mol. The highest BCUT2D eigenvalue weighted by Crippen LogP contribution is 2.20. The van der Waals surface area contributed by atoms with E-state index in [2.05, 4.69) is 4.98 Å². The van der Waals surface area contributed by atoms with E-state index >= 15 is 0 Å². The first-order chi connectivity index (χ1) is 12.1. The molecule has 0 atom stereocenters. The summed E-state index contributed by atoms with van der Waals surface area (Å²) in [6, 6.07) is 13.5. The average Bonchev–Trinajstić information content (AvgIpc) is 3.05. The molecule has 0 saturated carbocycles. The first-order valence-corrected chi connectivity index (χ1v) is 8.75. The summed E-state index contributed by atoms with van der Waals surface area (Å²) in [7, 11) is 0. The summed E-state index contributed by atoms with van der Waals surface area (Å²) in [5, 5.41) is 0.815. The number of Topliss-reactive ketones (excluding diaryl/α,β-unsaturated/α-hetero) is 1. The first-order valence-electron chi connectivity index (χ1n) is 7.77. The normalized spacial score (nSPS) is 10.8. The molecule has 0 fully saturated rings. The molecule has 25 heavy (non-hydrogen) atoms. The van der Waals surface area contributed by atoms with Gasteiger partial charge in [0.15, 0.2) is 6.61 Å². The van der Waals surface area contributed by atoms with E-state index in [1.54, 1.807) is 18.3 Å². The third-order valence-electron chi connectivity index (χ3n) is 3.64. The number of rotatable bonds is 7. The second-order valence-corrected chi connectivity index (χ2v) is 6.55. The van der Waals surface area contributed by atoms with E-state index in [1.165, 1.54) is 23.9 Å². The minimum Gasteiger partial charge on any atom is -0.457 e. The maximum Gasteiger partial charge on any atom is 0.307 e. The fourth-order valence-electron chi connectivity index (χ4n) is 2.38. The van der Waals surface area contributed by atoms with Crippen molar-refractivity contribution in [1.29, 1.82) is 0 Å². The van der Waals surface area contributed by atoms with Crippen LogP contribution in [-0.2, 0) is 9.53 Å². The van der Waals surface area contributed by atoms with Gasteiger partial charge in [0.2, 0.25) is 5.78 Å². The Morgan fingerprint density at radius 3 is 2.64 bits per heavy atom. The SMILES string of the molecule is O=C(CCSc1ccc(F)cc1)OCC(=O)c1c[nH]c2ccccc12. The largest absolute Gasteiger partial charge is 0.457 e. The molecule has 0 spiro atoms. The van der Waals surface area contributed by atoms with Crippen molar-refractivity contribution in [1.82, 2.24) is 4.98 Å². The summed E-state index contributed by atoms with van der Waals surface area (Å²) in [5.74, 6) is -0.453. The predicted octanol–water partition coefficient (Wildman–Crippen LogP) is 4.22. The number of ether oxygens (including phenoxy) is 1. The number of esters is 1. The summed E-state index contributed by atoms with van der Waals surface area (Å²) < 4.78 is 17.9. The molecule has 1 heterocycles. The predicted molar refractivity (Wildman–Crippen MR) is 95.3 cm³/mol. The van der Waals surface area contributed by atoms with Crippen LogP contribution in [0.4, 0.5) is 4.39 Å². The number of hydrogen-bond donors (Lipinski definition) is 1. The Balaban J connectivity index is 1.45. The Morgan fingerprint density at radius 2 is 1.84 bits per heavy atom. The number of carbonyl (C=O) groups excluding carboxylic acids is 2. The number of para-hydroxylation sites is 1. The monoisotopic (exact) mass is 357 g/mol. The van der Waals surface area contributed by atoms with E-state index < -0.39 is 5.97 Å². The number of thioether (sulfide) groups is 1. The summed E-state index contributed by atoms with van der Waals surface area (Å²) in [6.45, 7) is -0.276.